The lowest BCUT2D eigenvalue weighted by molar-refractivity contribution is -0.0248. The smallest absolute Gasteiger partial charge is 0.270 e. The predicted octanol–water partition coefficient (Wildman–Crippen LogP) is 3.52. The van der Waals surface area contributed by atoms with Gasteiger partial charge in [0.1, 0.15) is 22.7 Å². The van der Waals surface area contributed by atoms with E-state index in [9.17, 15) is 4.79 Å². The Labute approximate surface area is 145 Å². The Morgan fingerprint density at radius 1 is 1.20 bits per heavy atom. The largest absolute Gasteiger partial charge is 0.485 e. The van der Waals surface area contributed by atoms with Crippen molar-refractivity contribution in [3.63, 3.8) is 0 Å². The molecule has 1 aromatic carbocycles. The number of aromatic amines is 1. The van der Waals surface area contributed by atoms with Crippen LogP contribution in [0.2, 0.25) is 0 Å². The Kier molecular flexibility index (Phi) is 3.10. The molecule has 0 unspecified atom stereocenters. The van der Waals surface area contributed by atoms with Gasteiger partial charge in [-0.25, -0.2) is 4.98 Å². The van der Waals surface area contributed by atoms with Gasteiger partial charge in [0.2, 0.25) is 0 Å². The number of hydrogen-bond acceptors (Lipinski definition) is 3. The lowest BCUT2D eigenvalue weighted by Gasteiger charge is -2.42. The zero-order valence-corrected chi connectivity index (χ0v) is 13.9. The molecule has 1 spiro atoms. The van der Waals surface area contributed by atoms with Crippen molar-refractivity contribution >= 4 is 16.9 Å². The van der Waals surface area contributed by atoms with E-state index in [1.165, 1.54) is 0 Å². The lowest BCUT2D eigenvalue weighted by atomic mass is 9.79. The molecule has 1 fully saturated rings. The van der Waals surface area contributed by atoms with Gasteiger partial charge in [0.25, 0.3) is 5.91 Å². The van der Waals surface area contributed by atoms with Crippen molar-refractivity contribution < 1.29 is 9.53 Å². The van der Waals surface area contributed by atoms with Gasteiger partial charge in [0.15, 0.2) is 0 Å². The van der Waals surface area contributed by atoms with E-state index in [2.05, 4.69) is 9.97 Å². The number of rotatable bonds is 1. The average molecular weight is 333 g/mol. The highest BCUT2D eigenvalue weighted by Gasteiger charge is 2.44. The SMILES string of the molecule is O=C(c1cc2cccnc2[nH]1)N1Cc2ccccc2OC2(CCC2)C1. The van der Waals surface area contributed by atoms with Crippen molar-refractivity contribution in [1.82, 2.24) is 14.9 Å². The molecule has 5 rings (SSSR count). The first kappa shape index (κ1) is 14.5. The molecule has 2 aromatic heterocycles. The molecule has 1 saturated carbocycles. The molecule has 5 heteroatoms. The van der Waals surface area contributed by atoms with Crippen LogP contribution in [0, 0.1) is 0 Å². The molecule has 1 N–H and O–H groups in total. The van der Waals surface area contributed by atoms with Gasteiger partial charge in [-0.15, -0.1) is 0 Å². The van der Waals surface area contributed by atoms with Crippen LogP contribution in [-0.2, 0) is 6.54 Å². The number of pyridine rings is 1. The van der Waals surface area contributed by atoms with Crippen LogP contribution in [0.4, 0.5) is 0 Å². The molecule has 3 heterocycles. The fourth-order valence-corrected chi connectivity index (χ4v) is 3.83. The molecule has 3 aromatic rings. The number of nitrogens with one attached hydrogen (secondary N) is 1. The summed E-state index contributed by atoms with van der Waals surface area (Å²) in [7, 11) is 0. The quantitative estimate of drug-likeness (QED) is 0.741. The molecule has 2 aliphatic rings. The third-order valence-electron chi connectivity index (χ3n) is 5.31. The van der Waals surface area contributed by atoms with E-state index in [-0.39, 0.29) is 11.5 Å². The zero-order chi connectivity index (χ0) is 16.9. The standard InChI is InChI=1S/C20H19N3O2/c24-19(16-11-14-6-3-10-21-18(14)22-16)23-12-15-5-1-2-7-17(15)25-20(13-23)8-4-9-20/h1-3,5-7,10-11H,4,8-9,12-13H2,(H,21,22). The molecule has 0 radical (unpaired) electrons. The van der Waals surface area contributed by atoms with Crippen LogP contribution in [-0.4, -0.2) is 32.9 Å². The van der Waals surface area contributed by atoms with Gasteiger partial charge in [-0.05, 0) is 43.5 Å². The number of para-hydroxylation sites is 1. The zero-order valence-electron chi connectivity index (χ0n) is 13.9. The van der Waals surface area contributed by atoms with Crippen molar-refractivity contribution in [3.8, 4) is 5.75 Å². The van der Waals surface area contributed by atoms with Crippen LogP contribution in [0.5, 0.6) is 5.75 Å². The maximum absolute atomic E-state index is 13.2. The van der Waals surface area contributed by atoms with E-state index in [1.54, 1.807) is 6.20 Å². The summed E-state index contributed by atoms with van der Waals surface area (Å²) in [6, 6.07) is 13.8. The number of carbonyl (C=O) groups is 1. The molecule has 0 saturated heterocycles. The second-order valence-corrected chi connectivity index (χ2v) is 7.03. The number of benzene rings is 1. The summed E-state index contributed by atoms with van der Waals surface area (Å²) in [6.45, 7) is 1.20. The Bertz CT molecular complexity index is 925. The van der Waals surface area contributed by atoms with Crippen LogP contribution >= 0.6 is 0 Å². The van der Waals surface area contributed by atoms with E-state index in [0.717, 1.165) is 41.6 Å². The number of ether oxygens (including phenoxy) is 1. The molecular weight excluding hydrogens is 314 g/mol. The Balaban J connectivity index is 1.52. The topological polar surface area (TPSA) is 58.2 Å². The van der Waals surface area contributed by atoms with Gasteiger partial charge in [-0.2, -0.15) is 0 Å². The third kappa shape index (κ3) is 2.38. The molecule has 1 amide bonds. The first-order chi connectivity index (χ1) is 12.2. The van der Waals surface area contributed by atoms with Gasteiger partial charge in [0, 0.05) is 23.7 Å². The van der Waals surface area contributed by atoms with E-state index < -0.39 is 0 Å². The van der Waals surface area contributed by atoms with Gasteiger partial charge in [0.05, 0.1) is 6.54 Å². The second-order valence-electron chi connectivity index (χ2n) is 7.03. The summed E-state index contributed by atoms with van der Waals surface area (Å²) in [5, 5.41) is 0.954. The van der Waals surface area contributed by atoms with Gasteiger partial charge < -0.3 is 14.6 Å². The Morgan fingerprint density at radius 3 is 2.88 bits per heavy atom. The molecule has 126 valence electrons. The summed E-state index contributed by atoms with van der Waals surface area (Å²) in [5.74, 6) is 0.917. The van der Waals surface area contributed by atoms with Crippen LogP contribution in [0.25, 0.3) is 11.0 Å². The van der Waals surface area contributed by atoms with Crippen LogP contribution in [0.15, 0.2) is 48.7 Å². The number of nitrogens with zero attached hydrogens (tertiary/aromatic N) is 2. The van der Waals surface area contributed by atoms with Gasteiger partial charge >= 0.3 is 0 Å². The average Bonchev–Trinajstić information content (AvgIpc) is 2.94. The van der Waals surface area contributed by atoms with Crippen molar-refractivity contribution in [3.05, 3.63) is 59.9 Å². The summed E-state index contributed by atoms with van der Waals surface area (Å²) < 4.78 is 6.34. The molecular formula is C20H19N3O2. The van der Waals surface area contributed by atoms with E-state index in [1.807, 2.05) is 47.4 Å². The fraction of sp³-hybridized carbons (Fsp3) is 0.300. The summed E-state index contributed by atoms with van der Waals surface area (Å²) >= 11 is 0. The van der Waals surface area contributed by atoms with Crippen molar-refractivity contribution in [2.24, 2.45) is 0 Å². The maximum Gasteiger partial charge on any atom is 0.270 e. The summed E-state index contributed by atoms with van der Waals surface area (Å²) in [6.07, 6.45) is 4.88. The second kappa shape index (κ2) is 5.34. The van der Waals surface area contributed by atoms with Crippen molar-refractivity contribution in [1.29, 1.82) is 0 Å². The lowest BCUT2D eigenvalue weighted by Crippen LogP contribution is -2.52. The minimum atomic E-state index is -0.230. The molecule has 25 heavy (non-hydrogen) atoms. The highest BCUT2D eigenvalue weighted by molar-refractivity contribution is 5.97. The van der Waals surface area contributed by atoms with E-state index >= 15 is 0 Å². The molecule has 5 nitrogen and oxygen atoms in total. The van der Waals surface area contributed by atoms with Crippen molar-refractivity contribution in [2.45, 2.75) is 31.4 Å². The molecule has 1 aliphatic carbocycles. The fourth-order valence-electron chi connectivity index (χ4n) is 3.83. The number of aromatic nitrogens is 2. The van der Waals surface area contributed by atoms with Crippen LogP contribution in [0.1, 0.15) is 35.3 Å². The third-order valence-corrected chi connectivity index (χ3v) is 5.31. The maximum atomic E-state index is 13.2. The molecule has 1 aliphatic heterocycles. The number of amides is 1. The van der Waals surface area contributed by atoms with Crippen LogP contribution < -0.4 is 4.74 Å². The number of fused-ring (bicyclic) bond motifs is 2. The number of H-pyrrole nitrogens is 1. The predicted molar refractivity (Wildman–Crippen MR) is 94.5 cm³/mol. The number of carbonyl (C=O) groups excluding carboxylic acids is 1. The summed E-state index contributed by atoms with van der Waals surface area (Å²) in [5.41, 5.74) is 2.17. The first-order valence-electron chi connectivity index (χ1n) is 8.72. The highest BCUT2D eigenvalue weighted by Crippen LogP contribution is 2.41. The monoisotopic (exact) mass is 333 g/mol. The molecule has 0 atom stereocenters. The van der Waals surface area contributed by atoms with E-state index in [0.29, 0.717) is 18.8 Å². The minimum Gasteiger partial charge on any atom is -0.485 e. The highest BCUT2D eigenvalue weighted by atomic mass is 16.5. The number of hydrogen-bond donors (Lipinski definition) is 1. The van der Waals surface area contributed by atoms with Gasteiger partial charge in [-0.3, -0.25) is 4.79 Å². The Morgan fingerprint density at radius 2 is 2.08 bits per heavy atom. The Hall–Kier alpha value is -2.82. The van der Waals surface area contributed by atoms with Crippen LogP contribution in [0.3, 0.4) is 0 Å². The minimum absolute atomic E-state index is 0.00424. The normalized spacial score (nSPS) is 18.3. The van der Waals surface area contributed by atoms with Gasteiger partial charge in [-0.1, -0.05) is 18.2 Å². The first-order valence-corrected chi connectivity index (χ1v) is 8.72. The van der Waals surface area contributed by atoms with E-state index in [4.69, 9.17) is 4.74 Å². The van der Waals surface area contributed by atoms with Crippen molar-refractivity contribution in [2.75, 3.05) is 6.54 Å². The molecule has 0 bridgehead atoms. The summed E-state index contributed by atoms with van der Waals surface area (Å²) in [4.78, 5) is 22.5.